The molecule has 24 heavy (non-hydrogen) atoms. The summed E-state index contributed by atoms with van der Waals surface area (Å²) in [5, 5.41) is 3.23. The number of rotatable bonds is 4. The molecule has 0 spiro atoms. The van der Waals surface area contributed by atoms with Crippen molar-refractivity contribution in [3.63, 3.8) is 0 Å². The van der Waals surface area contributed by atoms with Crippen molar-refractivity contribution in [2.24, 2.45) is 5.73 Å². The predicted octanol–water partition coefficient (Wildman–Crippen LogP) is 2.27. The van der Waals surface area contributed by atoms with Crippen molar-refractivity contribution in [3.8, 4) is 11.3 Å². The molecule has 2 heterocycles. The fraction of sp³-hybridized carbons (Fsp3) is 0.0588. The van der Waals surface area contributed by atoms with E-state index in [2.05, 4.69) is 20.3 Å². The third kappa shape index (κ3) is 3.14. The first-order chi connectivity index (χ1) is 11.5. The highest BCUT2D eigenvalue weighted by Gasteiger charge is 2.11. The summed E-state index contributed by atoms with van der Waals surface area (Å²) in [6, 6.07) is 10.6. The molecular formula is C17H16N6O. The van der Waals surface area contributed by atoms with Crippen molar-refractivity contribution in [2.45, 2.75) is 6.92 Å². The monoisotopic (exact) mass is 320 g/mol. The molecule has 0 bridgehead atoms. The number of anilines is 3. The summed E-state index contributed by atoms with van der Waals surface area (Å²) in [4.78, 5) is 23.9. The zero-order valence-electron chi connectivity index (χ0n) is 13.0. The average Bonchev–Trinajstić information content (AvgIpc) is 2.57. The van der Waals surface area contributed by atoms with Gasteiger partial charge in [-0.1, -0.05) is 6.07 Å². The fourth-order valence-electron chi connectivity index (χ4n) is 2.27. The zero-order valence-corrected chi connectivity index (χ0v) is 13.0. The topological polar surface area (TPSA) is 120 Å². The van der Waals surface area contributed by atoms with E-state index in [1.54, 1.807) is 24.4 Å². The second-order valence-electron chi connectivity index (χ2n) is 5.25. The van der Waals surface area contributed by atoms with E-state index in [0.29, 0.717) is 22.9 Å². The Balaban J connectivity index is 2.03. The van der Waals surface area contributed by atoms with Gasteiger partial charge in [0.1, 0.15) is 18.0 Å². The number of carbonyl (C=O) groups excluding carboxylic acids is 1. The number of carbonyl (C=O) groups is 1. The first-order valence-electron chi connectivity index (χ1n) is 7.25. The fourth-order valence-corrected chi connectivity index (χ4v) is 2.27. The Morgan fingerprint density at radius 3 is 2.71 bits per heavy atom. The molecule has 0 unspecified atom stereocenters. The van der Waals surface area contributed by atoms with Crippen LogP contribution in [0.25, 0.3) is 11.3 Å². The SMILES string of the molecule is Cc1ccc(C(N)=O)cc1Nc1ncccc1-c1cc(N)ncn1. The molecule has 5 N–H and O–H groups in total. The van der Waals surface area contributed by atoms with Gasteiger partial charge >= 0.3 is 0 Å². The molecule has 2 aromatic heterocycles. The summed E-state index contributed by atoms with van der Waals surface area (Å²) in [6.07, 6.45) is 3.07. The van der Waals surface area contributed by atoms with Gasteiger partial charge < -0.3 is 16.8 Å². The van der Waals surface area contributed by atoms with Crippen molar-refractivity contribution in [3.05, 3.63) is 60.0 Å². The van der Waals surface area contributed by atoms with E-state index in [4.69, 9.17) is 11.5 Å². The minimum atomic E-state index is -0.483. The van der Waals surface area contributed by atoms with Crippen LogP contribution in [0.2, 0.25) is 0 Å². The van der Waals surface area contributed by atoms with Gasteiger partial charge in [0.05, 0.1) is 5.69 Å². The zero-order chi connectivity index (χ0) is 17.1. The number of nitrogens with two attached hydrogens (primary N) is 2. The summed E-state index contributed by atoms with van der Waals surface area (Å²) >= 11 is 0. The molecular weight excluding hydrogens is 304 g/mol. The van der Waals surface area contributed by atoms with Crippen molar-refractivity contribution in [2.75, 3.05) is 11.1 Å². The van der Waals surface area contributed by atoms with Crippen LogP contribution in [0.5, 0.6) is 0 Å². The van der Waals surface area contributed by atoms with E-state index in [-0.39, 0.29) is 0 Å². The van der Waals surface area contributed by atoms with Crippen molar-refractivity contribution in [1.29, 1.82) is 0 Å². The number of hydrogen-bond donors (Lipinski definition) is 3. The minimum absolute atomic E-state index is 0.377. The average molecular weight is 320 g/mol. The molecule has 0 atom stereocenters. The molecule has 1 amide bonds. The van der Waals surface area contributed by atoms with Gasteiger partial charge in [0.2, 0.25) is 5.91 Å². The molecule has 0 fully saturated rings. The molecule has 0 aliphatic rings. The minimum Gasteiger partial charge on any atom is -0.384 e. The Kier molecular flexibility index (Phi) is 4.07. The third-order valence-corrected chi connectivity index (χ3v) is 3.55. The van der Waals surface area contributed by atoms with Gasteiger partial charge in [0.25, 0.3) is 0 Å². The Bertz CT molecular complexity index is 909. The normalized spacial score (nSPS) is 10.4. The number of benzene rings is 1. The Labute approximate surface area is 138 Å². The van der Waals surface area contributed by atoms with Gasteiger partial charge in [-0.15, -0.1) is 0 Å². The summed E-state index contributed by atoms with van der Waals surface area (Å²) < 4.78 is 0. The maximum atomic E-state index is 11.4. The van der Waals surface area contributed by atoms with Gasteiger partial charge in [0.15, 0.2) is 0 Å². The highest BCUT2D eigenvalue weighted by Crippen LogP contribution is 2.29. The standard InChI is InChI=1S/C17H16N6O/c1-10-4-5-11(16(19)24)7-13(10)23-17-12(3-2-6-20-17)14-8-15(18)22-9-21-14/h2-9H,1H3,(H2,19,24)(H,20,23)(H2,18,21,22). The van der Waals surface area contributed by atoms with Crippen LogP contribution >= 0.6 is 0 Å². The van der Waals surface area contributed by atoms with Crippen LogP contribution < -0.4 is 16.8 Å². The van der Waals surface area contributed by atoms with Gasteiger partial charge in [0, 0.05) is 29.1 Å². The van der Waals surface area contributed by atoms with Crippen LogP contribution in [0.4, 0.5) is 17.3 Å². The number of amides is 1. The number of pyridine rings is 1. The van der Waals surface area contributed by atoms with Crippen LogP contribution in [0.1, 0.15) is 15.9 Å². The van der Waals surface area contributed by atoms with Crippen LogP contribution in [-0.2, 0) is 0 Å². The van der Waals surface area contributed by atoms with E-state index in [1.807, 2.05) is 25.1 Å². The third-order valence-electron chi connectivity index (χ3n) is 3.55. The van der Waals surface area contributed by atoms with Crippen LogP contribution in [0.15, 0.2) is 48.9 Å². The second kappa shape index (κ2) is 6.33. The number of nitrogens with zero attached hydrogens (tertiary/aromatic N) is 3. The molecule has 0 aliphatic carbocycles. The van der Waals surface area contributed by atoms with Crippen LogP contribution in [-0.4, -0.2) is 20.9 Å². The maximum absolute atomic E-state index is 11.4. The Morgan fingerprint density at radius 2 is 1.96 bits per heavy atom. The second-order valence-corrected chi connectivity index (χ2v) is 5.25. The molecule has 3 aromatic rings. The highest BCUT2D eigenvalue weighted by molar-refractivity contribution is 5.94. The lowest BCUT2D eigenvalue weighted by molar-refractivity contribution is 0.100. The molecule has 1 aromatic carbocycles. The number of nitrogen functional groups attached to an aromatic ring is 1. The molecule has 0 radical (unpaired) electrons. The molecule has 120 valence electrons. The summed E-state index contributed by atoms with van der Waals surface area (Å²) in [6.45, 7) is 1.93. The largest absolute Gasteiger partial charge is 0.384 e. The quantitative estimate of drug-likeness (QED) is 0.678. The molecule has 7 nitrogen and oxygen atoms in total. The van der Waals surface area contributed by atoms with Gasteiger partial charge in [-0.25, -0.2) is 15.0 Å². The van der Waals surface area contributed by atoms with E-state index in [1.165, 1.54) is 6.33 Å². The summed E-state index contributed by atoms with van der Waals surface area (Å²) in [7, 11) is 0. The molecule has 0 aliphatic heterocycles. The lowest BCUT2D eigenvalue weighted by atomic mass is 10.1. The van der Waals surface area contributed by atoms with Gasteiger partial charge in [-0.2, -0.15) is 0 Å². The Morgan fingerprint density at radius 1 is 1.12 bits per heavy atom. The summed E-state index contributed by atoms with van der Waals surface area (Å²) in [5.74, 6) is 0.491. The van der Waals surface area contributed by atoms with E-state index >= 15 is 0 Å². The van der Waals surface area contributed by atoms with E-state index in [0.717, 1.165) is 16.8 Å². The number of primary amides is 1. The van der Waals surface area contributed by atoms with E-state index < -0.39 is 5.91 Å². The summed E-state index contributed by atoms with van der Waals surface area (Å²) in [5.41, 5.74) is 14.6. The maximum Gasteiger partial charge on any atom is 0.248 e. The lowest BCUT2D eigenvalue weighted by Crippen LogP contribution is -2.11. The number of nitrogens with one attached hydrogen (secondary N) is 1. The first kappa shape index (κ1) is 15.4. The molecule has 0 saturated carbocycles. The highest BCUT2D eigenvalue weighted by atomic mass is 16.1. The number of aryl methyl sites for hydroxylation is 1. The smallest absolute Gasteiger partial charge is 0.248 e. The Hall–Kier alpha value is -3.48. The van der Waals surface area contributed by atoms with Gasteiger partial charge in [-0.05, 0) is 36.8 Å². The van der Waals surface area contributed by atoms with Crippen molar-refractivity contribution < 1.29 is 4.79 Å². The van der Waals surface area contributed by atoms with Crippen molar-refractivity contribution >= 4 is 23.2 Å². The lowest BCUT2D eigenvalue weighted by Gasteiger charge is -2.13. The van der Waals surface area contributed by atoms with E-state index in [9.17, 15) is 4.79 Å². The van der Waals surface area contributed by atoms with Crippen LogP contribution in [0.3, 0.4) is 0 Å². The molecule has 0 saturated heterocycles. The predicted molar refractivity (Wildman–Crippen MR) is 92.7 cm³/mol. The van der Waals surface area contributed by atoms with Gasteiger partial charge in [-0.3, -0.25) is 4.79 Å². The number of hydrogen-bond acceptors (Lipinski definition) is 6. The molecule has 7 heteroatoms. The van der Waals surface area contributed by atoms with Crippen molar-refractivity contribution in [1.82, 2.24) is 15.0 Å². The first-order valence-corrected chi connectivity index (χ1v) is 7.25. The van der Waals surface area contributed by atoms with Crippen LogP contribution in [0, 0.1) is 6.92 Å². The number of aromatic nitrogens is 3. The molecule has 3 rings (SSSR count).